The summed E-state index contributed by atoms with van der Waals surface area (Å²) in [6.07, 6.45) is 4.63. The first-order valence-electron chi connectivity index (χ1n) is 9.50. The van der Waals surface area contributed by atoms with Gasteiger partial charge < -0.3 is 9.88 Å². The molecule has 6 nitrogen and oxygen atoms in total. The lowest BCUT2D eigenvalue weighted by Crippen LogP contribution is -2.29. The molecule has 0 saturated carbocycles. The summed E-state index contributed by atoms with van der Waals surface area (Å²) in [4.78, 5) is 17.2. The van der Waals surface area contributed by atoms with E-state index in [1.165, 1.54) is 0 Å². The molecule has 3 aromatic heterocycles. The van der Waals surface area contributed by atoms with Crippen molar-refractivity contribution < 1.29 is 4.79 Å². The highest BCUT2D eigenvalue weighted by atomic mass is 35.5. The molecule has 0 aliphatic heterocycles. The second-order valence-electron chi connectivity index (χ2n) is 7.08. The van der Waals surface area contributed by atoms with Crippen molar-refractivity contribution in [2.75, 3.05) is 6.54 Å². The van der Waals surface area contributed by atoms with Crippen LogP contribution in [0.4, 0.5) is 0 Å². The number of carbonyl (C=O) groups is 1. The zero-order chi connectivity index (χ0) is 20.4. The third kappa shape index (κ3) is 4.17. The molecule has 0 unspecified atom stereocenters. The minimum absolute atomic E-state index is 0.0941. The van der Waals surface area contributed by atoms with Crippen LogP contribution in [0.3, 0.4) is 0 Å². The SMILES string of the molecule is Cc1cc(C)c2c(-n3cccc3)nn(CC(=O)NCCc3ccc(Cl)cc3)c2n1. The normalized spacial score (nSPS) is 11.1. The Morgan fingerprint density at radius 1 is 1.14 bits per heavy atom. The van der Waals surface area contributed by atoms with Gasteiger partial charge in [-0.15, -0.1) is 0 Å². The molecule has 29 heavy (non-hydrogen) atoms. The highest BCUT2D eigenvalue weighted by Gasteiger charge is 2.17. The molecular formula is C22H22ClN5O. The fraction of sp³-hybridized carbons (Fsp3) is 0.227. The van der Waals surface area contributed by atoms with Gasteiger partial charge >= 0.3 is 0 Å². The largest absolute Gasteiger partial charge is 0.354 e. The standard InChI is InChI=1S/C22H22ClN5O/c1-15-13-16(2)25-21-20(15)22(27-11-3-4-12-27)26-28(21)14-19(29)24-10-9-17-5-7-18(23)8-6-17/h3-8,11-13H,9-10,14H2,1-2H3,(H,24,29). The molecule has 4 aromatic rings. The number of halogens is 1. The number of hydrogen-bond donors (Lipinski definition) is 1. The van der Waals surface area contributed by atoms with Crippen molar-refractivity contribution in [3.05, 3.63) is 76.7 Å². The van der Waals surface area contributed by atoms with Crippen molar-refractivity contribution in [2.45, 2.75) is 26.8 Å². The van der Waals surface area contributed by atoms with Crippen LogP contribution in [0.1, 0.15) is 16.8 Å². The quantitative estimate of drug-likeness (QED) is 0.528. The average molecular weight is 408 g/mol. The van der Waals surface area contributed by atoms with Crippen LogP contribution >= 0.6 is 11.6 Å². The lowest BCUT2D eigenvalue weighted by Gasteiger charge is -2.07. The van der Waals surface area contributed by atoms with Crippen molar-refractivity contribution in [1.82, 2.24) is 24.6 Å². The highest BCUT2D eigenvalue weighted by Crippen LogP contribution is 2.25. The van der Waals surface area contributed by atoms with Crippen LogP contribution in [0.2, 0.25) is 5.02 Å². The fourth-order valence-electron chi connectivity index (χ4n) is 3.45. The van der Waals surface area contributed by atoms with E-state index < -0.39 is 0 Å². The number of fused-ring (bicyclic) bond motifs is 1. The van der Waals surface area contributed by atoms with E-state index in [9.17, 15) is 4.79 Å². The zero-order valence-electron chi connectivity index (χ0n) is 16.4. The van der Waals surface area contributed by atoms with Crippen molar-refractivity contribution in [1.29, 1.82) is 0 Å². The van der Waals surface area contributed by atoms with Crippen LogP contribution in [0.25, 0.3) is 16.9 Å². The Morgan fingerprint density at radius 2 is 1.86 bits per heavy atom. The van der Waals surface area contributed by atoms with E-state index in [2.05, 4.69) is 10.3 Å². The summed E-state index contributed by atoms with van der Waals surface area (Å²) in [6.45, 7) is 4.66. The molecule has 0 saturated heterocycles. The third-order valence-corrected chi connectivity index (χ3v) is 5.05. The predicted octanol–water partition coefficient (Wildman–Crippen LogP) is 3.85. The number of nitrogens with one attached hydrogen (secondary N) is 1. The molecule has 0 spiro atoms. The molecule has 1 aromatic carbocycles. The molecule has 148 valence electrons. The monoisotopic (exact) mass is 407 g/mol. The summed E-state index contributed by atoms with van der Waals surface area (Å²) < 4.78 is 3.63. The number of pyridine rings is 1. The van der Waals surface area contributed by atoms with Crippen LogP contribution < -0.4 is 5.32 Å². The molecule has 1 N–H and O–H groups in total. The Morgan fingerprint density at radius 3 is 2.59 bits per heavy atom. The van der Waals surface area contributed by atoms with E-state index in [1.807, 2.05) is 73.3 Å². The predicted molar refractivity (Wildman–Crippen MR) is 114 cm³/mol. The summed E-state index contributed by atoms with van der Waals surface area (Å²) in [5.74, 6) is 0.687. The minimum atomic E-state index is -0.0941. The Balaban J connectivity index is 1.52. The maximum absolute atomic E-state index is 12.5. The molecule has 1 amide bonds. The highest BCUT2D eigenvalue weighted by molar-refractivity contribution is 6.30. The maximum Gasteiger partial charge on any atom is 0.241 e. The third-order valence-electron chi connectivity index (χ3n) is 4.80. The summed E-state index contributed by atoms with van der Waals surface area (Å²) in [5, 5.41) is 9.32. The number of amides is 1. The van der Waals surface area contributed by atoms with E-state index in [4.69, 9.17) is 16.7 Å². The molecule has 3 heterocycles. The molecular weight excluding hydrogens is 386 g/mol. The topological polar surface area (TPSA) is 64.7 Å². The van der Waals surface area contributed by atoms with E-state index in [0.717, 1.165) is 40.1 Å². The fourth-order valence-corrected chi connectivity index (χ4v) is 3.57. The molecule has 0 radical (unpaired) electrons. The van der Waals surface area contributed by atoms with Gasteiger partial charge in [0.25, 0.3) is 0 Å². The summed E-state index contributed by atoms with van der Waals surface area (Å²) in [5.41, 5.74) is 3.84. The Labute approximate surface area is 174 Å². The van der Waals surface area contributed by atoms with Crippen LogP contribution in [0, 0.1) is 13.8 Å². The van der Waals surface area contributed by atoms with Gasteiger partial charge in [-0.2, -0.15) is 5.10 Å². The second kappa shape index (κ2) is 8.09. The van der Waals surface area contributed by atoms with Crippen LogP contribution in [0.15, 0.2) is 54.9 Å². The van der Waals surface area contributed by atoms with Gasteiger partial charge in [0, 0.05) is 29.7 Å². The molecule has 0 fully saturated rings. The number of carbonyl (C=O) groups excluding carboxylic acids is 1. The number of benzene rings is 1. The van der Waals surface area contributed by atoms with Gasteiger partial charge in [0.15, 0.2) is 11.5 Å². The molecule has 7 heteroatoms. The van der Waals surface area contributed by atoms with Gasteiger partial charge in [-0.3, -0.25) is 4.79 Å². The lowest BCUT2D eigenvalue weighted by molar-refractivity contribution is -0.121. The Bertz CT molecular complexity index is 1150. The molecule has 0 atom stereocenters. The van der Waals surface area contributed by atoms with Gasteiger partial charge in [0.2, 0.25) is 5.91 Å². The summed E-state index contributed by atoms with van der Waals surface area (Å²) >= 11 is 5.91. The molecule has 0 bridgehead atoms. The van der Waals surface area contributed by atoms with Crippen molar-refractivity contribution in [3.8, 4) is 5.82 Å². The van der Waals surface area contributed by atoms with Gasteiger partial charge in [-0.1, -0.05) is 23.7 Å². The second-order valence-corrected chi connectivity index (χ2v) is 7.51. The smallest absolute Gasteiger partial charge is 0.241 e. The van der Waals surface area contributed by atoms with Crippen molar-refractivity contribution in [2.24, 2.45) is 0 Å². The van der Waals surface area contributed by atoms with Gasteiger partial charge in [-0.25, -0.2) is 9.67 Å². The van der Waals surface area contributed by atoms with Crippen molar-refractivity contribution >= 4 is 28.5 Å². The van der Waals surface area contributed by atoms with E-state index in [-0.39, 0.29) is 12.5 Å². The lowest BCUT2D eigenvalue weighted by atomic mass is 10.1. The van der Waals surface area contributed by atoms with E-state index in [0.29, 0.717) is 11.6 Å². The minimum Gasteiger partial charge on any atom is -0.354 e. The Kier molecular flexibility index (Phi) is 5.36. The van der Waals surface area contributed by atoms with E-state index >= 15 is 0 Å². The van der Waals surface area contributed by atoms with Crippen LogP contribution in [-0.2, 0) is 17.8 Å². The first kappa shape index (κ1) is 19.2. The maximum atomic E-state index is 12.5. The molecule has 4 rings (SSSR count). The number of nitrogens with zero attached hydrogens (tertiary/aromatic N) is 4. The average Bonchev–Trinajstić information content (AvgIpc) is 3.32. The number of aryl methyl sites for hydroxylation is 2. The van der Waals surface area contributed by atoms with Gasteiger partial charge in [0.05, 0.1) is 5.39 Å². The van der Waals surface area contributed by atoms with Crippen LogP contribution in [-0.4, -0.2) is 31.8 Å². The summed E-state index contributed by atoms with van der Waals surface area (Å²) in [6, 6.07) is 13.6. The number of hydrogen-bond acceptors (Lipinski definition) is 3. The first-order valence-corrected chi connectivity index (χ1v) is 9.88. The number of rotatable bonds is 6. The van der Waals surface area contributed by atoms with E-state index in [1.54, 1.807) is 4.68 Å². The van der Waals surface area contributed by atoms with Gasteiger partial charge in [-0.05, 0) is 61.7 Å². The summed E-state index contributed by atoms with van der Waals surface area (Å²) in [7, 11) is 0. The number of aromatic nitrogens is 4. The van der Waals surface area contributed by atoms with Crippen molar-refractivity contribution in [3.63, 3.8) is 0 Å². The molecule has 0 aliphatic rings. The zero-order valence-corrected chi connectivity index (χ0v) is 17.1. The Hall–Kier alpha value is -3.12. The molecule has 0 aliphatic carbocycles. The first-order chi connectivity index (χ1) is 14.0. The van der Waals surface area contributed by atoms with Gasteiger partial charge in [0.1, 0.15) is 6.54 Å². The van der Waals surface area contributed by atoms with Crippen LogP contribution in [0.5, 0.6) is 0 Å².